The summed E-state index contributed by atoms with van der Waals surface area (Å²) in [7, 11) is -2.21. The van der Waals surface area contributed by atoms with Gasteiger partial charge in [0.25, 0.3) is 5.91 Å². The Kier molecular flexibility index (Phi) is 7.64. The van der Waals surface area contributed by atoms with Crippen molar-refractivity contribution >= 4 is 21.6 Å². The number of sulfonamides is 1. The summed E-state index contributed by atoms with van der Waals surface area (Å²) in [6, 6.07) is 11.8. The quantitative estimate of drug-likeness (QED) is 0.672. The molecule has 1 atom stereocenters. The van der Waals surface area contributed by atoms with Gasteiger partial charge in [-0.05, 0) is 49.7 Å². The molecule has 0 unspecified atom stereocenters. The van der Waals surface area contributed by atoms with Crippen LogP contribution in [-0.2, 0) is 14.8 Å². The first-order valence-electron chi connectivity index (χ1n) is 9.45. The van der Waals surface area contributed by atoms with Crippen LogP contribution >= 0.6 is 0 Å². The largest absolute Gasteiger partial charge is 0.495 e. The molecule has 0 aliphatic carbocycles. The van der Waals surface area contributed by atoms with Gasteiger partial charge < -0.3 is 14.8 Å². The minimum Gasteiger partial charge on any atom is -0.495 e. The molecule has 2 aromatic carbocycles. The van der Waals surface area contributed by atoms with Gasteiger partial charge in [0.05, 0.1) is 17.7 Å². The van der Waals surface area contributed by atoms with Crippen LogP contribution < -0.4 is 14.8 Å². The van der Waals surface area contributed by atoms with E-state index in [2.05, 4.69) is 5.32 Å². The molecule has 0 radical (unpaired) electrons. The summed E-state index contributed by atoms with van der Waals surface area (Å²) in [6.07, 6.45) is -0.787. The molecule has 158 valence electrons. The zero-order chi connectivity index (χ0) is 21.6. The lowest BCUT2D eigenvalue weighted by molar-refractivity contribution is -0.122. The molecule has 2 aromatic rings. The molecule has 29 heavy (non-hydrogen) atoms. The van der Waals surface area contributed by atoms with Gasteiger partial charge in [-0.25, -0.2) is 8.42 Å². The van der Waals surface area contributed by atoms with Crippen LogP contribution in [0.5, 0.6) is 11.5 Å². The molecule has 1 amide bonds. The van der Waals surface area contributed by atoms with Crippen LogP contribution in [0.4, 0.5) is 5.69 Å². The Bertz CT molecular complexity index is 955. The fraction of sp³-hybridized carbons (Fsp3) is 0.381. The lowest BCUT2D eigenvalue weighted by Crippen LogP contribution is -2.31. The normalized spacial score (nSPS) is 12.5. The molecule has 0 aliphatic rings. The molecular formula is C21H28N2O5S. The van der Waals surface area contributed by atoms with E-state index in [1.807, 2.05) is 25.1 Å². The van der Waals surface area contributed by atoms with E-state index in [-0.39, 0.29) is 10.6 Å². The highest BCUT2D eigenvalue weighted by Gasteiger charge is 2.24. The van der Waals surface area contributed by atoms with E-state index >= 15 is 0 Å². The van der Waals surface area contributed by atoms with Gasteiger partial charge in [0.1, 0.15) is 11.5 Å². The number of amides is 1. The number of methoxy groups -OCH3 is 1. The summed E-state index contributed by atoms with van der Waals surface area (Å²) in [5, 5.41) is 2.71. The average molecular weight is 421 g/mol. The number of rotatable bonds is 9. The first kappa shape index (κ1) is 22.7. The van der Waals surface area contributed by atoms with E-state index in [0.29, 0.717) is 24.6 Å². The molecule has 0 heterocycles. The SMILES string of the molecule is CCN(CC)S(=O)(=O)c1ccc(OC)c(NC(=O)[C@H](C)Oc2cccc(C)c2)c1. The van der Waals surface area contributed by atoms with Crippen molar-refractivity contribution in [2.24, 2.45) is 0 Å². The monoisotopic (exact) mass is 420 g/mol. The maximum absolute atomic E-state index is 12.8. The van der Waals surface area contributed by atoms with E-state index in [0.717, 1.165) is 5.56 Å². The summed E-state index contributed by atoms with van der Waals surface area (Å²) >= 11 is 0. The van der Waals surface area contributed by atoms with Crippen molar-refractivity contribution in [1.29, 1.82) is 0 Å². The minimum atomic E-state index is -3.66. The molecule has 0 saturated heterocycles. The topological polar surface area (TPSA) is 84.9 Å². The molecule has 0 saturated carbocycles. The van der Waals surface area contributed by atoms with Gasteiger partial charge in [-0.15, -0.1) is 0 Å². The third kappa shape index (κ3) is 5.48. The Morgan fingerprint density at radius 3 is 2.41 bits per heavy atom. The Hall–Kier alpha value is -2.58. The van der Waals surface area contributed by atoms with Gasteiger partial charge in [0, 0.05) is 13.1 Å². The van der Waals surface area contributed by atoms with Gasteiger partial charge >= 0.3 is 0 Å². The Labute approximate surface area is 172 Å². The van der Waals surface area contributed by atoms with Crippen LogP contribution in [0.15, 0.2) is 47.4 Å². The molecule has 0 fully saturated rings. The Morgan fingerprint density at radius 2 is 1.83 bits per heavy atom. The van der Waals surface area contributed by atoms with E-state index in [1.54, 1.807) is 26.8 Å². The van der Waals surface area contributed by atoms with Gasteiger partial charge in [-0.1, -0.05) is 26.0 Å². The number of benzene rings is 2. The standard InChI is InChI=1S/C21H28N2O5S/c1-6-23(7-2)29(25,26)18-11-12-20(27-5)19(14-18)22-21(24)16(4)28-17-10-8-9-15(3)13-17/h8-14,16H,6-7H2,1-5H3,(H,22,24)/t16-/m0/s1. The number of ether oxygens (including phenoxy) is 2. The van der Waals surface area contributed by atoms with Crippen molar-refractivity contribution in [1.82, 2.24) is 4.31 Å². The number of aryl methyl sites for hydroxylation is 1. The second-order valence-corrected chi connectivity index (χ2v) is 8.46. The van der Waals surface area contributed by atoms with Crippen molar-refractivity contribution in [3.63, 3.8) is 0 Å². The second kappa shape index (κ2) is 9.76. The molecule has 0 aromatic heterocycles. The van der Waals surface area contributed by atoms with E-state index in [9.17, 15) is 13.2 Å². The van der Waals surface area contributed by atoms with E-state index in [1.165, 1.54) is 29.6 Å². The van der Waals surface area contributed by atoms with Crippen LogP contribution in [0.1, 0.15) is 26.3 Å². The molecule has 0 spiro atoms. The van der Waals surface area contributed by atoms with Crippen molar-refractivity contribution in [3.05, 3.63) is 48.0 Å². The Balaban J connectivity index is 2.25. The third-order valence-corrected chi connectivity index (χ3v) is 6.49. The minimum absolute atomic E-state index is 0.0876. The highest BCUT2D eigenvalue weighted by molar-refractivity contribution is 7.89. The van der Waals surface area contributed by atoms with E-state index in [4.69, 9.17) is 9.47 Å². The van der Waals surface area contributed by atoms with E-state index < -0.39 is 22.0 Å². The van der Waals surface area contributed by atoms with Crippen LogP contribution in [0.25, 0.3) is 0 Å². The van der Waals surface area contributed by atoms with Crippen molar-refractivity contribution in [2.45, 2.75) is 38.7 Å². The number of hydrogen-bond donors (Lipinski definition) is 1. The zero-order valence-electron chi connectivity index (χ0n) is 17.4. The highest BCUT2D eigenvalue weighted by atomic mass is 32.2. The molecule has 2 rings (SSSR count). The predicted octanol–water partition coefficient (Wildman–Crippen LogP) is 3.44. The molecule has 1 N–H and O–H groups in total. The predicted molar refractivity (Wildman–Crippen MR) is 113 cm³/mol. The van der Waals surface area contributed by atoms with Gasteiger partial charge in [-0.3, -0.25) is 4.79 Å². The smallest absolute Gasteiger partial charge is 0.265 e. The summed E-state index contributed by atoms with van der Waals surface area (Å²) in [6.45, 7) is 7.82. The number of carbonyl (C=O) groups is 1. The fourth-order valence-corrected chi connectivity index (χ4v) is 4.32. The van der Waals surface area contributed by atoms with Crippen LogP contribution in [0.3, 0.4) is 0 Å². The number of nitrogens with one attached hydrogen (secondary N) is 1. The van der Waals surface area contributed by atoms with Gasteiger partial charge in [0.15, 0.2) is 6.10 Å². The third-order valence-electron chi connectivity index (χ3n) is 4.44. The lowest BCUT2D eigenvalue weighted by atomic mass is 10.2. The summed E-state index contributed by atoms with van der Waals surface area (Å²) in [4.78, 5) is 12.7. The van der Waals surface area contributed by atoms with Crippen LogP contribution in [0, 0.1) is 6.92 Å². The molecule has 8 heteroatoms. The van der Waals surface area contributed by atoms with Gasteiger partial charge in [0.2, 0.25) is 10.0 Å². The second-order valence-electron chi connectivity index (χ2n) is 6.52. The molecule has 0 aliphatic heterocycles. The number of anilines is 1. The maximum Gasteiger partial charge on any atom is 0.265 e. The maximum atomic E-state index is 12.8. The number of hydrogen-bond acceptors (Lipinski definition) is 5. The number of nitrogens with zero attached hydrogens (tertiary/aromatic N) is 1. The number of carbonyl (C=O) groups excluding carboxylic acids is 1. The van der Waals surface area contributed by atoms with Crippen LogP contribution in [0.2, 0.25) is 0 Å². The molecular weight excluding hydrogens is 392 g/mol. The first-order chi connectivity index (χ1) is 13.7. The van der Waals surface area contributed by atoms with Crippen molar-refractivity contribution < 1.29 is 22.7 Å². The summed E-state index contributed by atoms with van der Waals surface area (Å²) < 4.78 is 37.9. The highest BCUT2D eigenvalue weighted by Crippen LogP contribution is 2.29. The van der Waals surface area contributed by atoms with Crippen LogP contribution in [-0.4, -0.2) is 44.9 Å². The lowest BCUT2D eigenvalue weighted by Gasteiger charge is -2.20. The molecule has 0 bridgehead atoms. The average Bonchev–Trinajstić information content (AvgIpc) is 2.68. The van der Waals surface area contributed by atoms with Gasteiger partial charge in [-0.2, -0.15) is 4.31 Å². The molecule has 7 nitrogen and oxygen atoms in total. The summed E-state index contributed by atoms with van der Waals surface area (Å²) in [5.41, 5.74) is 1.29. The fourth-order valence-electron chi connectivity index (χ4n) is 2.84. The van der Waals surface area contributed by atoms with Crippen molar-refractivity contribution in [2.75, 3.05) is 25.5 Å². The zero-order valence-corrected chi connectivity index (χ0v) is 18.2. The summed E-state index contributed by atoms with van der Waals surface area (Å²) in [5.74, 6) is 0.527. The Morgan fingerprint density at radius 1 is 1.14 bits per heavy atom. The first-order valence-corrected chi connectivity index (χ1v) is 10.9. The van der Waals surface area contributed by atoms with Crippen molar-refractivity contribution in [3.8, 4) is 11.5 Å².